The average molecular weight is 488 g/mol. The standard InChI is InChI=1S/C21H36N4O.HI/c1-16(2)8-7-9-17(3)24-21(22)23-14-18-12-13-25(15-18)19-10-5-6-11-20(19)26-4;/h5-6,10-11,16-18H,7-9,12-15H2,1-4H3,(H3,22,23,24);1H. The lowest BCUT2D eigenvalue weighted by Gasteiger charge is -2.21. The Bertz CT molecular complexity index is 579. The molecule has 0 saturated carbocycles. The predicted molar refractivity (Wildman–Crippen MR) is 127 cm³/mol. The van der Waals surface area contributed by atoms with Crippen LogP contribution in [0.15, 0.2) is 29.3 Å². The molecule has 1 aliphatic rings. The van der Waals surface area contributed by atoms with E-state index in [-0.39, 0.29) is 24.0 Å². The maximum Gasteiger partial charge on any atom is 0.188 e. The smallest absolute Gasteiger partial charge is 0.188 e. The molecule has 154 valence electrons. The summed E-state index contributed by atoms with van der Waals surface area (Å²) in [5.41, 5.74) is 7.25. The highest BCUT2D eigenvalue weighted by Gasteiger charge is 2.24. The van der Waals surface area contributed by atoms with E-state index in [0.717, 1.165) is 44.1 Å². The van der Waals surface area contributed by atoms with Crippen molar-refractivity contribution in [3.05, 3.63) is 24.3 Å². The molecule has 6 heteroatoms. The Kier molecular flexibility index (Phi) is 10.9. The van der Waals surface area contributed by atoms with Gasteiger partial charge in [0.25, 0.3) is 0 Å². The van der Waals surface area contributed by atoms with Crippen molar-refractivity contribution in [2.75, 3.05) is 31.6 Å². The van der Waals surface area contributed by atoms with Gasteiger partial charge < -0.3 is 20.7 Å². The van der Waals surface area contributed by atoms with Gasteiger partial charge in [0.15, 0.2) is 5.96 Å². The minimum Gasteiger partial charge on any atom is -0.495 e. The van der Waals surface area contributed by atoms with Gasteiger partial charge in [0, 0.05) is 25.7 Å². The number of benzene rings is 1. The molecule has 1 aromatic carbocycles. The predicted octanol–water partition coefficient (Wildman–Crippen LogP) is 4.26. The number of nitrogens with zero attached hydrogens (tertiary/aromatic N) is 2. The number of hydrogen-bond acceptors (Lipinski definition) is 3. The number of ether oxygens (including phenoxy) is 1. The minimum atomic E-state index is 0. The molecule has 1 fully saturated rings. The van der Waals surface area contributed by atoms with Crippen LogP contribution in [-0.2, 0) is 0 Å². The summed E-state index contributed by atoms with van der Waals surface area (Å²) < 4.78 is 5.48. The molecule has 0 radical (unpaired) electrons. The Morgan fingerprint density at radius 2 is 2.04 bits per heavy atom. The molecule has 0 bridgehead atoms. The number of methoxy groups -OCH3 is 1. The SMILES string of the molecule is COc1ccccc1N1CCC(CN=C(N)NC(C)CCCC(C)C)C1.I. The zero-order chi connectivity index (χ0) is 18.9. The fraction of sp³-hybridized carbons (Fsp3) is 0.667. The number of hydrogen-bond donors (Lipinski definition) is 2. The van der Waals surface area contributed by atoms with Crippen LogP contribution < -0.4 is 20.7 Å². The summed E-state index contributed by atoms with van der Waals surface area (Å²) in [6.45, 7) is 9.54. The minimum absolute atomic E-state index is 0. The molecule has 0 aliphatic carbocycles. The molecule has 1 aliphatic heterocycles. The van der Waals surface area contributed by atoms with Gasteiger partial charge in [0.05, 0.1) is 12.8 Å². The number of nitrogens with one attached hydrogen (secondary N) is 1. The van der Waals surface area contributed by atoms with Gasteiger partial charge in [-0.15, -0.1) is 24.0 Å². The third-order valence-corrected chi connectivity index (χ3v) is 5.04. The van der Waals surface area contributed by atoms with Gasteiger partial charge in [-0.1, -0.05) is 38.8 Å². The van der Waals surface area contributed by atoms with Gasteiger partial charge in [-0.3, -0.25) is 4.99 Å². The summed E-state index contributed by atoms with van der Waals surface area (Å²) in [4.78, 5) is 6.97. The maximum atomic E-state index is 6.08. The lowest BCUT2D eigenvalue weighted by Crippen LogP contribution is -2.38. The molecule has 1 heterocycles. The van der Waals surface area contributed by atoms with Crippen LogP contribution in [0.2, 0.25) is 0 Å². The van der Waals surface area contributed by atoms with E-state index in [1.54, 1.807) is 7.11 Å². The van der Waals surface area contributed by atoms with Crippen molar-refractivity contribution >= 4 is 35.6 Å². The fourth-order valence-electron chi connectivity index (χ4n) is 3.52. The highest BCUT2D eigenvalue weighted by Crippen LogP contribution is 2.31. The molecule has 2 unspecified atom stereocenters. The van der Waals surface area contributed by atoms with E-state index >= 15 is 0 Å². The van der Waals surface area contributed by atoms with Crippen molar-refractivity contribution in [3.63, 3.8) is 0 Å². The molecule has 27 heavy (non-hydrogen) atoms. The Hall–Kier alpha value is -1.18. The molecule has 1 saturated heterocycles. The monoisotopic (exact) mass is 488 g/mol. The summed E-state index contributed by atoms with van der Waals surface area (Å²) in [6, 6.07) is 8.59. The van der Waals surface area contributed by atoms with Crippen LogP contribution in [0.3, 0.4) is 0 Å². The second-order valence-corrected chi connectivity index (χ2v) is 7.87. The molecule has 2 rings (SSSR count). The van der Waals surface area contributed by atoms with E-state index in [0.29, 0.717) is 17.9 Å². The second-order valence-electron chi connectivity index (χ2n) is 7.87. The third kappa shape index (κ3) is 8.15. The quantitative estimate of drug-likeness (QED) is 0.310. The Balaban J connectivity index is 0.00000364. The van der Waals surface area contributed by atoms with E-state index in [2.05, 4.69) is 48.1 Å². The van der Waals surface area contributed by atoms with Crippen LogP contribution in [-0.4, -0.2) is 38.7 Å². The first-order chi connectivity index (χ1) is 12.5. The lowest BCUT2D eigenvalue weighted by molar-refractivity contribution is 0.414. The molecule has 0 aromatic heterocycles. The van der Waals surface area contributed by atoms with Crippen LogP contribution >= 0.6 is 24.0 Å². The fourth-order valence-corrected chi connectivity index (χ4v) is 3.52. The van der Waals surface area contributed by atoms with E-state index < -0.39 is 0 Å². The molecular weight excluding hydrogens is 451 g/mol. The highest BCUT2D eigenvalue weighted by atomic mass is 127. The normalized spacial score (nSPS) is 18.3. The van der Waals surface area contributed by atoms with Crippen LogP contribution in [0.1, 0.15) is 46.5 Å². The summed E-state index contributed by atoms with van der Waals surface area (Å²) in [6.07, 6.45) is 4.78. The number of rotatable bonds is 9. The van der Waals surface area contributed by atoms with Crippen molar-refractivity contribution < 1.29 is 4.74 Å². The molecule has 3 N–H and O–H groups in total. The van der Waals surface area contributed by atoms with Gasteiger partial charge in [-0.2, -0.15) is 0 Å². The van der Waals surface area contributed by atoms with Gasteiger partial charge in [0.1, 0.15) is 5.75 Å². The summed E-state index contributed by atoms with van der Waals surface area (Å²) in [5, 5.41) is 3.33. The number of guanidine groups is 1. The van der Waals surface area contributed by atoms with Gasteiger partial charge in [0.2, 0.25) is 0 Å². The lowest BCUT2D eigenvalue weighted by atomic mass is 10.0. The summed E-state index contributed by atoms with van der Waals surface area (Å²) >= 11 is 0. The zero-order valence-electron chi connectivity index (χ0n) is 17.3. The molecule has 5 nitrogen and oxygen atoms in total. The maximum absolute atomic E-state index is 6.08. The highest BCUT2D eigenvalue weighted by molar-refractivity contribution is 14.0. The Morgan fingerprint density at radius 1 is 1.30 bits per heavy atom. The van der Waals surface area contributed by atoms with Crippen molar-refractivity contribution in [2.45, 2.75) is 52.5 Å². The summed E-state index contributed by atoms with van der Waals surface area (Å²) in [7, 11) is 1.73. The first kappa shape index (κ1) is 23.9. The molecule has 0 amide bonds. The molecular formula is C21H37IN4O. The van der Waals surface area contributed by atoms with Gasteiger partial charge in [-0.25, -0.2) is 0 Å². The van der Waals surface area contributed by atoms with Crippen LogP contribution in [0.5, 0.6) is 5.75 Å². The number of nitrogens with two attached hydrogens (primary N) is 1. The van der Waals surface area contributed by atoms with Gasteiger partial charge in [-0.05, 0) is 43.7 Å². The molecule has 0 spiro atoms. The van der Waals surface area contributed by atoms with E-state index in [1.165, 1.54) is 18.5 Å². The first-order valence-corrected chi connectivity index (χ1v) is 9.94. The Labute approximate surface area is 182 Å². The summed E-state index contributed by atoms with van der Waals surface area (Å²) in [5.74, 6) is 2.82. The third-order valence-electron chi connectivity index (χ3n) is 5.04. The topological polar surface area (TPSA) is 62.9 Å². The van der Waals surface area contributed by atoms with E-state index in [1.807, 2.05) is 12.1 Å². The number of halogens is 1. The second kappa shape index (κ2) is 12.3. The van der Waals surface area contributed by atoms with Crippen molar-refractivity contribution in [1.82, 2.24) is 5.32 Å². The van der Waals surface area contributed by atoms with Crippen LogP contribution in [0.25, 0.3) is 0 Å². The average Bonchev–Trinajstić information content (AvgIpc) is 3.08. The zero-order valence-corrected chi connectivity index (χ0v) is 19.6. The molecule has 1 aromatic rings. The Morgan fingerprint density at radius 3 is 2.74 bits per heavy atom. The van der Waals surface area contributed by atoms with Gasteiger partial charge >= 0.3 is 0 Å². The van der Waals surface area contributed by atoms with E-state index in [4.69, 9.17) is 10.5 Å². The van der Waals surface area contributed by atoms with Crippen LogP contribution in [0.4, 0.5) is 5.69 Å². The number of anilines is 1. The number of para-hydroxylation sites is 2. The molecule has 2 atom stereocenters. The van der Waals surface area contributed by atoms with Crippen molar-refractivity contribution in [1.29, 1.82) is 0 Å². The van der Waals surface area contributed by atoms with Crippen LogP contribution in [0, 0.1) is 11.8 Å². The number of aliphatic imine (C=N–C) groups is 1. The first-order valence-electron chi connectivity index (χ1n) is 9.94. The van der Waals surface area contributed by atoms with Crippen molar-refractivity contribution in [3.8, 4) is 5.75 Å². The largest absolute Gasteiger partial charge is 0.495 e. The van der Waals surface area contributed by atoms with Crippen molar-refractivity contribution in [2.24, 2.45) is 22.6 Å². The van der Waals surface area contributed by atoms with E-state index in [9.17, 15) is 0 Å².